The van der Waals surface area contributed by atoms with Gasteiger partial charge < -0.3 is 24.2 Å². The molecule has 7 heteroatoms. The Balaban J connectivity index is 1.52. The summed E-state index contributed by atoms with van der Waals surface area (Å²) in [4.78, 5) is 18.5. The van der Waals surface area contributed by atoms with Gasteiger partial charge in [0, 0.05) is 38.2 Å². The van der Waals surface area contributed by atoms with Crippen molar-refractivity contribution in [1.82, 2.24) is 4.98 Å². The number of benzene rings is 1. The van der Waals surface area contributed by atoms with Crippen LogP contribution in [-0.2, 0) is 4.79 Å². The number of nitrogens with zero attached hydrogens (tertiary/aromatic N) is 2. The third-order valence-corrected chi connectivity index (χ3v) is 4.90. The van der Waals surface area contributed by atoms with Crippen molar-refractivity contribution < 1.29 is 24.1 Å². The number of carboxylic acids is 1. The van der Waals surface area contributed by atoms with Crippen molar-refractivity contribution in [2.24, 2.45) is 0 Å². The Morgan fingerprint density at radius 1 is 1.23 bits per heavy atom. The predicted octanol–water partition coefficient (Wildman–Crippen LogP) is 2.62. The zero-order chi connectivity index (χ0) is 18.1. The summed E-state index contributed by atoms with van der Waals surface area (Å²) in [7, 11) is 0. The lowest BCUT2D eigenvalue weighted by Gasteiger charge is -2.39. The number of hydrogen-bond donors (Lipinski definition) is 1. The number of aryl methyl sites for hydroxylation is 1. The Hall–Kier alpha value is -2.96. The maximum absolute atomic E-state index is 12.0. The summed E-state index contributed by atoms with van der Waals surface area (Å²) in [6.45, 7) is 3.30. The van der Waals surface area contributed by atoms with E-state index in [1.807, 2.05) is 19.1 Å². The first kappa shape index (κ1) is 16.5. The topological polar surface area (TPSA) is 81.1 Å². The van der Waals surface area contributed by atoms with Crippen LogP contribution in [0.2, 0.25) is 0 Å². The van der Waals surface area contributed by atoms with Crippen LogP contribution >= 0.6 is 0 Å². The smallest absolute Gasteiger partial charge is 0.348 e. The molecular weight excluding hydrogens is 336 g/mol. The number of aromatic nitrogens is 1. The number of ether oxygens (including phenoxy) is 3. The molecule has 136 valence electrons. The van der Waals surface area contributed by atoms with Crippen LogP contribution in [0.25, 0.3) is 0 Å². The van der Waals surface area contributed by atoms with Crippen molar-refractivity contribution in [2.75, 3.05) is 24.8 Å². The number of carbonyl (C=O) groups is 1. The van der Waals surface area contributed by atoms with E-state index in [0.717, 1.165) is 11.4 Å². The lowest BCUT2D eigenvalue weighted by atomic mass is 9.90. The molecule has 0 bridgehead atoms. The van der Waals surface area contributed by atoms with Gasteiger partial charge in [0.2, 0.25) is 12.4 Å². The highest BCUT2D eigenvalue weighted by Crippen LogP contribution is 2.38. The number of aliphatic carboxylic acids is 1. The van der Waals surface area contributed by atoms with E-state index in [-0.39, 0.29) is 6.79 Å². The van der Waals surface area contributed by atoms with Crippen LogP contribution in [0.5, 0.6) is 17.2 Å². The number of piperidine rings is 1. The minimum Gasteiger partial charge on any atom is -0.478 e. The molecule has 1 aromatic carbocycles. The summed E-state index contributed by atoms with van der Waals surface area (Å²) in [6.07, 6.45) is 2.49. The molecule has 1 N–H and O–H groups in total. The van der Waals surface area contributed by atoms with E-state index < -0.39 is 11.6 Å². The average Bonchev–Trinajstić information content (AvgIpc) is 3.10. The van der Waals surface area contributed by atoms with Gasteiger partial charge in [-0.15, -0.1) is 0 Å². The molecule has 0 spiro atoms. The lowest BCUT2D eigenvalue weighted by molar-refractivity contribution is -0.157. The van der Waals surface area contributed by atoms with Gasteiger partial charge in [-0.25, -0.2) is 9.78 Å². The van der Waals surface area contributed by atoms with E-state index in [1.54, 1.807) is 24.4 Å². The third kappa shape index (κ3) is 2.89. The average molecular weight is 356 g/mol. The van der Waals surface area contributed by atoms with Gasteiger partial charge in [0.05, 0.1) is 0 Å². The Morgan fingerprint density at radius 3 is 2.73 bits per heavy atom. The fraction of sp³-hybridized carbons (Fsp3) is 0.368. The highest BCUT2D eigenvalue weighted by Gasteiger charge is 2.44. The summed E-state index contributed by atoms with van der Waals surface area (Å²) in [5, 5.41) is 9.84. The van der Waals surface area contributed by atoms with Crippen LogP contribution in [0.4, 0.5) is 5.82 Å². The standard InChI is InChI=1S/C19H20N2O5/c1-13-3-2-8-20-17(13)21-9-6-19(7-10-21,18(22)23)26-14-4-5-15-16(11-14)25-12-24-15/h2-5,8,11H,6-7,9-10,12H2,1H3,(H,22,23). The Bertz CT molecular complexity index is 830. The third-order valence-electron chi connectivity index (χ3n) is 4.90. The van der Waals surface area contributed by atoms with Crippen molar-refractivity contribution in [2.45, 2.75) is 25.4 Å². The Morgan fingerprint density at radius 2 is 2.00 bits per heavy atom. The molecule has 0 unspecified atom stereocenters. The molecule has 26 heavy (non-hydrogen) atoms. The monoisotopic (exact) mass is 356 g/mol. The van der Waals surface area contributed by atoms with Crippen molar-refractivity contribution in [3.8, 4) is 17.2 Å². The largest absolute Gasteiger partial charge is 0.478 e. The molecule has 0 atom stereocenters. The SMILES string of the molecule is Cc1cccnc1N1CCC(Oc2ccc3c(c2)OCO3)(C(=O)O)CC1. The van der Waals surface area contributed by atoms with E-state index in [4.69, 9.17) is 14.2 Å². The van der Waals surface area contributed by atoms with Crippen LogP contribution in [-0.4, -0.2) is 41.5 Å². The minimum atomic E-state index is -1.26. The molecule has 0 saturated carbocycles. The lowest BCUT2D eigenvalue weighted by Crippen LogP contribution is -2.53. The normalized spacial score (nSPS) is 17.8. The first-order chi connectivity index (χ1) is 12.6. The molecule has 2 aliphatic rings. The van der Waals surface area contributed by atoms with E-state index in [0.29, 0.717) is 43.2 Å². The number of pyridine rings is 1. The number of anilines is 1. The fourth-order valence-corrected chi connectivity index (χ4v) is 3.41. The maximum Gasteiger partial charge on any atom is 0.348 e. The van der Waals surface area contributed by atoms with Crippen molar-refractivity contribution in [3.63, 3.8) is 0 Å². The van der Waals surface area contributed by atoms with Crippen LogP contribution in [0.3, 0.4) is 0 Å². The fourth-order valence-electron chi connectivity index (χ4n) is 3.41. The van der Waals surface area contributed by atoms with Gasteiger partial charge in [-0.3, -0.25) is 0 Å². The second-order valence-corrected chi connectivity index (χ2v) is 6.55. The molecule has 1 saturated heterocycles. The summed E-state index contributed by atoms with van der Waals surface area (Å²) >= 11 is 0. The first-order valence-electron chi connectivity index (χ1n) is 8.56. The van der Waals surface area contributed by atoms with Gasteiger partial charge in [-0.2, -0.15) is 0 Å². The molecule has 0 aliphatic carbocycles. The maximum atomic E-state index is 12.0. The van der Waals surface area contributed by atoms with Gasteiger partial charge in [-0.1, -0.05) is 6.07 Å². The molecular formula is C19H20N2O5. The van der Waals surface area contributed by atoms with Crippen molar-refractivity contribution in [3.05, 3.63) is 42.1 Å². The molecule has 2 aliphatic heterocycles. The summed E-state index contributed by atoms with van der Waals surface area (Å²) in [5.74, 6) is 1.63. The predicted molar refractivity (Wildman–Crippen MR) is 94.0 cm³/mol. The van der Waals surface area contributed by atoms with Crippen LogP contribution in [0.15, 0.2) is 36.5 Å². The summed E-state index contributed by atoms with van der Waals surface area (Å²) in [5.41, 5.74) is -0.181. The van der Waals surface area contributed by atoms with Gasteiger partial charge in [0.1, 0.15) is 11.6 Å². The van der Waals surface area contributed by atoms with Gasteiger partial charge in [0.15, 0.2) is 11.5 Å². The molecule has 0 radical (unpaired) electrons. The summed E-state index contributed by atoms with van der Waals surface area (Å²) in [6, 6.07) is 9.03. The van der Waals surface area contributed by atoms with E-state index >= 15 is 0 Å². The second kappa shape index (κ2) is 6.40. The number of fused-ring (bicyclic) bond motifs is 1. The highest BCUT2D eigenvalue weighted by atomic mass is 16.7. The Labute approximate surface area is 151 Å². The zero-order valence-corrected chi connectivity index (χ0v) is 14.5. The molecule has 4 rings (SSSR count). The van der Waals surface area contributed by atoms with Crippen molar-refractivity contribution in [1.29, 1.82) is 0 Å². The summed E-state index contributed by atoms with van der Waals surface area (Å²) < 4.78 is 16.6. The molecule has 1 aromatic heterocycles. The number of rotatable bonds is 4. The van der Waals surface area contributed by atoms with E-state index in [9.17, 15) is 9.90 Å². The number of carboxylic acid groups (broad SMARTS) is 1. The van der Waals surface area contributed by atoms with E-state index in [1.165, 1.54) is 0 Å². The second-order valence-electron chi connectivity index (χ2n) is 6.55. The highest BCUT2D eigenvalue weighted by molar-refractivity contribution is 5.78. The van der Waals surface area contributed by atoms with Crippen LogP contribution < -0.4 is 19.1 Å². The molecule has 7 nitrogen and oxygen atoms in total. The van der Waals surface area contributed by atoms with Crippen molar-refractivity contribution >= 4 is 11.8 Å². The van der Waals surface area contributed by atoms with Crippen LogP contribution in [0, 0.1) is 6.92 Å². The van der Waals surface area contributed by atoms with Gasteiger partial charge >= 0.3 is 5.97 Å². The molecule has 0 amide bonds. The molecule has 1 fully saturated rings. The minimum absolute atomic E-state index is 0.168. The van der Waals surface area contributed by atoms with E-state index in [2.05, 4.69) is 9.88 Å². The quantitative estimate of drug-likeness (QED) is 0.902. The van der Waals surface area contributed by atoms with Gasteiger partial charge in [0.25, 0.3) is 0 Å². The zero-order valence-electron chi connectivity index (χ0n) is 14.5. The first-order valence-corrected chi connectivity index (χ1v) is 8.56. The Kier molecular flexibility index (Phi) is 4.06. The van der Waals surface area contributed by atoms with Crippen LogP contribution in [0.1, 0.15) is 18.4 Å². The molecule has 3 heterocycles. The molecule has 2 aromatic rings. The van der Waals surface area contributed by atoms with Gasteiger partial charge in [-0.05, 0) is 30.7 Å². The number of hydrogen-bond acceptors (Lipinski definition) is 6.